The third kappa shape index (κ3) is 11.5. The fourth-order valence-electron chi connectivity index (χ4n) is 4.57. The Labute approximate surface area is 247 Å². The molecule has 2 aromatic carbocycles. The standard InChI is InChI=1S/C33H44F3N3O3/c1-5-6-7-8-9-10-11-12-13-14-29-37-30(38-42-29)27-19-15-25(16-20-27)23-39(31(40)41-32(2,3)4)24-26-17-21-28(22-18-26)33(34,35)36/h15-22H,5-14,23-24H2,1-4H3. The summed E-state index contributed by atoms with van der Waals surface area (Å²) in [7, 11) is 0. The molecule has 0 bridgehead atoms. The first-order valence-electron chi connectivity index (χ1n) is 15.0. The van der Waals surface area contributed by atoms with Crippen molar-refractivity contribution in [3.05, 3.63) is 71.1 Å². The first-order valence-corrected chi connectivity index (χ1v) is 15.0. The van der Waals surface area contributed by atoms with Crippen LogP contribution in [0.4, 0.5) is 18.0 Å². The highest BCUT2D eigenvalue weighted by molar-refractivity contribution is 5.68. The van der Waals surface area contributed by atoms with Gasteiger partial charge in [-0.3, -0.25) is 4.90 Å². The molecule has 0 spiro atoms. The lowest BCUT2D eigenvalue weighted by Gasteiger charge is -2.27. The summed E-state index contributed by atoms with van der Waals surface area (Å²) in [5, 5.41) is 4.13. The molecule has 0 aliphatic rings. The summed E-state index contributed by atoms with van der Waals surface area (Å²) in [6, 6.07) is 12.3. The number of hydrogen-bond donors (Lipinski definition) is 0. The SMILES string of the molecule is CCCCCCCCCCCc1nc(-c2ccc(CN(Cc3ccc(C(F)(F)F)cc3)C(=O)OC(C)(C)C)cc2)no1. The van der Waals surface area contributed by atoms with Gasteiger partial charge in [-0.25, -0.2) is 4.79 Å². The van der Waals surface area contributed by atoms with Gasteiger partial charge in [0.15, 0.2) is 0 Å². The molecule has 0 radical (unpaired) electrons. The van der Waals surface area contributed by atoms with Gasteiger partial charge in [0, 0.05) is 25.1 Å². The molecule has 0 atom stereocenters. The summed E-state index contributed by atoms with van der Waals surface area (Å²) in [4.78, 5) is 19.0. The molecule has 0 fully saturated rings. The molecular formula is C33H44F3N3O3. The Morgan fingerprint density at radius 1 is 0.810 bits per heavy atom. The highest BCUT2D eigenvalue weighted by Gasteiger charge is 2.30. The second kappa shape index (κ2) is 15.8. The Balaban J connectivity index is 1.56. The van der Waals surface area contributed by atoms with Gasteiger partial charge in [0.05, 0.1) is 5.56 Å². The highest BCUT2D eigenvalue weighted by Crippen LogP contribution is 2.29. The average molecular weight is 588 g/mol. The number of aryl methyl sites for hydroxylation is 1. The number of carbonyl (C=O) groups excluding carboxylic acids is 1. The maximum atomic E-state index is 13.0. The summed E-state index contributed by atoms with van der Waals surface area (Å²) < 4.78 is 50.0. The highest BCUT2D eigenvalue weighted by atomic mass is 19.4. The van der Waals surface area contributed by atoms with E-state index in [1.54, 1.807) is 20.8 Å². The van der Waals surface area contributed by atoms with Gasteiger partial charge in [-0.05, 0) is 50.5 Å². The predicted octanol–water partition coefficient (Wildman–Crippen LogP) is 9.77. The minimum atomic E-state index is -4.42. The fourth-order valence-corrected chi connectivity index (χ4v) is 4.57. The molecule has 1 amide bonds. The van der Waals surface area contributed by atoms with E-state index < -0.39 is 23.4 Å². The van der Waals surface area contributed by atoms with Crippen LogP contribution in [0.25, 0.3) is 11.4 Å². The Bertz CT molecular complexity index is 1220. The lowest BCUT2D eigenvalue weighted by atomic mass is 10.1. The third-order valence-corrected chi connectivity index (χ3v) is 6.85. The van der Waals surface area contributed by atoms with Crippen molar-refractivity contribution in [3.63, 3.8) is 0 Å². The topological polar surface area (TPSA) is 68.5 Å². The molecule has 1 heterocycles. The molecule has 0 aliphatic heterocycles. The van der Waals surface area contributed by atoms with Crippen LogP contribution in [0.15, 0.2) is 53.1 Å². The van der Waals surface area contributed by atoms with Crippen LogP contribution in [0.5, 0.6) is 0 Å². The molecule has 1 aromatic heterocycles. The van der Waals surface area contributed by atoms with Crippen molar-refractivity contribution >= 4 is 6.09 Å². The van der Waals surface area contributed by atoms with Crippen LogP contribution in [0.3, 0.4) is 0 Å². The smallest absolute Gasteiger partial charge is 0.416 e. The number of halogens is 3. The zero-order valence-electron chi connectivity index (χ0n) is 25.3. The number of alkyl halides is 3. The minimum Gasteiger partial charge on any atom is -0.444 e. The maximum absolute atomic E-state index is 13.0. The number of carbonyl (C=O) groups is 1. The summed E-state index contributed by atoms with van der Waals surface area (Å²) in [6.07, 6.45) is 7.07. The number of ether oxygens (including phenoxy) is 1. The lowest BCUT2D eigenvalue weighted by molar-refractivity contribution is -0.137. The van der Waals surface area contributed by atoms with Gasteiger partial charge in [0.25, 0.3) is 0 Å². The maximum Gasteiger partial charge on any atom is 0.416 e. The monoisotopic (exact) mass is 587 g/mol. The molecule has 42 heavy (non-hydrogen) atoms. The van der Waals surface area contributed by atoms with E-state index >= 15 is 0 Å². The average Bonchev–Trinajstić information content (AvgIpc) is 3.40. The largest absolute Gasteiger partial charge is 0.444 e. The van der Waals surface area contributed by atoms with Crippen molar-refractivity contribution in [2.75, 3.05) is 0 Å². The van der Waals surface area contributed by atoms with Gasteiger partial charge in [-0.1, -0.05) is 99.8 Å². The summed E-state index contributed by atoms with van der Waals surface area (Å²) >= 11 is 0. The molecule has 230 valence electrons. The van der Waals surface area contributed by atoms with Crippen LogP contribution in [0.1, 0.15) is 108 Å². The Morgan fingerprint density at radius 2 is 1.33 bits per heavy atom. The van der Waals surface area contributed by atoms with Crippen molar-refractivity contribution < 1.29 is 27.2 Å². The molecule has 9 heteroatoms. The Kier molecular flexibility index (Phi) is 12.4. The van der Waals surface area contributed by atoms with Crippen LogP contribution >= 0.6 is 0 Å². The normalized spacial score (nSPS) is 12.0. The number of aromatic nitrogens is 2. The van der Waals surface area contributed by atoms with Crippen molar-refractivity contribution in [2.45, 2.75) is 117 Å². The van der Waals surface area contributed by atoms with Gasteiger partial charge in [-0.2, -0.15) is 18.2 Å². The number of unbranched alkanes of at least 4 members (excludes halogenated alkanes) is 8. The second-order valence-corrected chi connectivity index (χ2v) is 11.8. The van der Waals surface area contributed by atoms with Gasteiger partial charge < -0.3 is 9.26 Å². The van der Waals surface area contributed by atoms with E-state index in [1.807, 2.05) is 24.3 Å². The van der Waals surface area contributed by atoms with Crippen molar-refractivity contribution in [1.82, 2.24) is 15.0 Å². The molecule has 6 nitrogen and oxygen atoms in total. The van der Waals surface area contributed by atoms with E-state index in [-0.39, 0.29) is 13.1 Å². The zero-order chi connectivity index (χ0) is 30.6. The number of benzene rings is 2. The second-order valence-electron chi connectivity index (χ2n) is 11.8. The van der Waals surface area contributed by atoms with E-state index in [1.165, 1.54) is 62.0 Å². The van der Waals surface area contributed by atoms with E-state index in [2.05, 4.69) is 17.1 Å². The van der Waals surface area contributed by atoms with Crippen LogP contribution < -0.4 is 0 Å². The first kappa shape index (κ1) is 33.1. The third-order valence-electron chi connectivity index (χ3n) is 6.85. The summed E-state index contributed by atoms with van der Waals surface area (Å²) in [5.74, 6) is 1.14. The van der Waals surface area contributed by atoms with Crippen molar-refractivity contribution in [1.29, 1.82) is 0 Å². The van der Waals surface area contributed by atoms with E-state index in [9.17, 15) is 18.0 Å². The van der Waals surface area contributed by atoms with E-state index in [4.69, 9.17) is 9.26 Å². The minimum absolute atomic E-state index is 0.0991. The molecule has 0 saturated heterocycles. The fraction of sp³-hybridized carbons (Fsp3) is 0.545. The molecule has 0 saturated carbocycles. The van der Waals surface area contributed by atoms with Gasteiger partial charge in [-0.15, -0.1) is 0 Å². The van der Waals surface area contributed by atoms with Crippen LogP contribution in [-0.2, 0) is 30.4 Å². The Hall–Kier alpha value is -3.36. The van der Waals surface area contributed by atoms with Crippen molar-refractivity contribution in [2.24, 2.45) is 0 Å². The number of nitrogens with zero attached hydrogens (tertiary/aromatic N) is 3. The summed E-state index contributed by atoms with van der Waals surface area (Å²) in [6.45, 7) is 7.85. The molecule has 0 N–H and O–H groups in total. The molecule has 3 rings (SSSR count). The zero-order valence-corrected chi connectivity index (χ0v) is 25.3. The molecule has 3 aromatic rings. The Morgan fingerprint density at radius 3 is 1.86 bits per heavy atom. The van der Waals surface area contributed by atoms with E-state index in [0.29, 0.717) is 17.3 Å². The number of amides is 1. The predicted molar refractivity (Wildman–Crippen MR) is 158 cm³/mol. The van der Waals surface area contributed by atoms with E-state index in [0.717, 1.165) is 42.5 Å². The first-order chi connectivity index (χ1) is 19.9. The van der Waals surface area contributed by atoms with Gasteiger partial charge in [0.2, 0.25) is 11.7 Å². The van der Waals surface area contributed by atoms with Crippen LogP contribution in [0.2, 0.25) is 0 Å². The quantitative estimate of drug-likeness (QED) is 0.166. The van der Waals surface area contributed by atoms with Gasteiger partial charge >= 0.3 is 12.3 Å². The molecule has 0 aliphatic carbocycles. The molecule has 0 unspecified atom stereocenters. The lowest BCUT2D eigenvalue weighted by Crippen LogP contribution is -2.36. The van der Waals surface area contributed by atoms with Crippen LogP contribution in [-0.4, -0.2) is 26.7 Å². The molecular weight excluding hydrogens is 543 g/mol. The van der Waals surface area contributed by atoms with Crippen molar-refractivity contribution in [3.8, 4) is 11.4 Å². The number of hydrogen-bond acceptors (Lipinski definition) is 5. The van der Waals surface area contributed by atoms with Crippen LogP contribution in [0, 0.1) is 0 Å². The summed E-state index contributed by atoms with van der Waals surface area (Å²) in [5.41, 5.74) is 0.742. The van der Waals surface area contributed by atoms with Gasteiger partial charge in [0.1, 0.15) is 5.60 Å². The number of rotatable bonds is 15.